The van der Waals surface area contributed by atoms with Crippen molar-refractivity contribution in [1.29, 1.82) is 0 Å². The molecule has 0 amide bonds. The van der Waals surface area contributed by atoms with Crippen molar-refractivity contribution in [1.82, 2.24) is 4.31 Å². The Morgan fingerprint density at radius 2 is 1.68 bits per heavy atom. The van der Waals surface area contributed by atoms with Gasteiger partial charge in [0, 0.05) is 25.4 Å². The van der Waals surface area contributed by atoms with Crippen LogP contribution in [0.5, 0.6) is 0 Å². The lowest BCUT2D eigenvalue weighted by molar-refractivity contribution is 0.243. The molecule has 2 N–H and O–H groups in total. The fourth-order valence-electron chi connectivity index (χ4n) is 2.63. The van der Waals surface area contributed by atoms with Crippen LogP contribution in [0.4, 0.5) is 0 Å². The van der Waals surface area contributed by atoms with Crippen molar-refractivity contribution in [3.05, 3.63) is 24.3 Å². The Morgan fingerprint density at radius 1 is 1.14 bits per heavy atom. The predicted molar refractivity (Wildman–Crippen MR) is 84.7 cm³/mol. The van der Waals surface area contributed by atoms with Gasteiger partial charge in [-0.2, -0.15) is 4.31 Å². The highest BCUT2D eigenvalue weighted by atomic mass is 32.2. The van der Waals surface area contributed by atoms with Gasteiger partial charge in [0.15, 0.2) is 9.84 Å². The number of piperidine rings is 1. The van der Waals surface area contributed by atoms with Gasteiger partial charge in [-0.25, -0.2) is 16.8 Å². The highest BCUT2D eigenvalue weighted by Crippen LogP contribution is 2.25. The fourth-order valence-corrected chi connectivity index (χ4v) is 4.80. The Balaban J connectivity index is 2.26. The van der Waals surface area contributed by atoms with E-state index in [1.165, 1.54) is 28.6 Å². The molecule has 0 radical (unpaired) electrons. The molecule has 1 aromatic carbocycles. The lowest BCUT2D eigenvalue weighted by Gasteiger charge is -2.33. The van der Waals surface area contributed by atoms with Crippen molar-refractivity contribution in [2.75, 3.05) is 19.3 Å². The molecular weight excluding hydrogens is 324 g/mol. The van der Waals surface area contributed by atoms with E-state index in [4.69, 9.17) is 5.73 Å². The summed E-state index contributed by atoms with van der Waals surface area (Å²) in [5.74, 6) is 0.152. The van der Waals surface area contributed by atoms with Gasteiger partial charge < -0.3 is 5.73 Å². The van der Waals surface area contributed by atoms with Crippen LogP contribution in [0.25, 0.3) is 0 Å². The highest BCUT2D eigenvalue weighted by Gasteiger charge is 2.31. The standard InChI is InChI=1S/C14H22N2O4S2/c1-11(15)12-4-3-9-16(10-12)22(19,20)14-7-5-13(6-8-14)21(2,17)18/h5-8,11-12H,3-4,9-10,15H2,1-2H3/t11-,12-/m0/s1. The zero-order chi connectivity index (χ0) is 16.5. The molecule has 6 nitrogen and oxygen atoms in total. The highest BCUT2D eigenvalue weighted by molar-refractivity contribution is 7.90. The minimum atomic E-state index is -3.61. The van der Waals surface area contributed by atoms with E-state index in [-0.39, 0.29) is 21.8 Å². The van der Waals surface area contributed by atoms with Gasteiger partial charge in [-0.3, -0.25) is 0 Å². The van der Waals surface area contributed by atoms with Crippen molar-refractivity contribution in [3.8, 4) is 0 Å². The summed E-state index contributed by atoms with van der Waals surface area (Å²) in [4.78, 5) is 0.226. The van der Waals surface area contributed by atoms with Gasteiger partial charge in [-0.1, -0.05) is 0 Å². The van der Waals surface area contributed by atoms with E-state index < -0.39 is 19.9 Å². The molecule has 1 saturated heterocycles. The fraction of sp³-hybridized carbons (Fsp3) is 0.571. The molecule has 1 aliphatic heterocycles. The Kier molecular flexibility index (Phi) is 4.96. The van der Waals surface area contributed by atoms with Gasteiger partial charge in [0.25, 0.3) is 0 Å². The van der Waals surface area contributed by atoms with Crippen LogP contribution in [0.1, 0.15) is 19.8 Å². The van der Waals surface area contributed by atoms with Gasteiger partial charge in [-0.15, -0.1) is 0 Å². The van der Waals surface area contributed by atoms with E-state index in [9.17, 15) is 16.8 Å². The monoisotopic (exact) mass is 346 g/mol. The van der Waals surface area contributed by atoms with E-state index >= 15 is 0 Å². The molecule has 1 aromatic rings. The molecule has 0 saturated carbocycles. The molecule has 1 aliphatic rings. The van der Waals surface area contributed by atoms with Crippen LogP contribution < -0.4 is 5.73 Å². The van der Waals surface area contributed by atoms with Crippen molar-refractivity contribution in [2.24, 2.45) is 11.7 Å². The Morgan fingerprint density at radius 3 is 2.18 bits per heavy atom. The predicted octanol–water partition coefficient (Wildman–Crippen LogP) is 0.838. The Labute approximate surface area is 132 Å². The Bertz CT molecular complexity index is 725. The topological polar surface area (TPSA) is 97.5 Å². The number of sulfonamides is 1. The first-order chi connectivity index (χ1) is 10.1. The minimum absolute atomic E-state index is 0.0504. The maximum absolute atomic E-state index is 12.7. The molecule has 0 bridgehead atoms. The smallest absolute Gasteiger partial charge is 0.243 e. The summed E-state index contributed by atoms with van der Waals surface area (Å²) in [7, 11) is -6.94. The Hall–Kier alpha value is -0.960. The second kappa shape index (κ2) is 6.27. The number of sulfone groups is 1. The van der Waals surface area contributed by atoms with Crippen LogP contribution in [-0.2, 0) is 19.9 Å². The van der Waals surface area contributed by atoms with Crippen molar-refractivity contribution >= 4 is 19.9 Å². The number of rotatable bonds is 4. The molecule has 1 fully saturated rings. The average molecular weight is 346 g/mol. The van der Waals surface area contributed by atoms with E-state index in [2.05, 4.69) is 0 Å². The summed E-state index contributed by atoms with van der Waals surface area (Å²) in [5, 5.41) is 0. The van der Waals surface area contributed by atoms with E-state index in [1.807, 2.05) is 6.92 Å². The summed E-state index contributed by atoms with van der Waals surface area (Å²) in [6.45, 7) is 2.77. The molecule has 1 heterocycles. The first kappa shape index (κ1) is 17.4. The van der Waals surface area contributed by atoms with E-state index in [1.54, 1.807) is 0 Å². The summed E-state index contributed by atoms with van der Waals surface area (Å²) in [6.07, 6.45) is 2.80. The number of hydrogen-bond acceptors (Lipinski definition) is 5. The summed E-state index contributed by atoms with van der Waals surface area (Å²) in [6, 6.07) is 5.30. The van der Waals surface area contributed by atoms with E-state index in [0.717, 1.165) is 19.1 Å². The molecular formula is C14H22N2O4S2. The van der Waals surface area contributed by atoms with Crippen molar-refractivity contribution in [3.63, 3.8) is 0 Å². The third-order valence-electron chi connectivity index (χ3n) is 4.05. The molecule has 0 spiro atoms. The summed E-state index contributed by atoms with van der Waals surface area (Å²) < 4.78 is 49.6. The summed E-state index contributed by atoms with van der Waals surface area (Å²) >= 11 is 0. The quantitative estimate of drug-likeness (QED) is 0.871. The summed E-state index contributed by atoms with van der Waals surface area (Å²) in [5.41, 5.74) is 5.89. The maximum Gasteiger partial charge on any atom is 0.243 e. The minimum Gasteiger partial charge on any atom is -0.328 e. The molecule has 2 rings (SSSR count). The van der Waals surface area contributed by atoms with Crippen LogP contribution in [0.15, 0.2) is 34.1 Å². The van der Waals surface area contributed by atoms with Crippen molar-refractivity contribution in [2.45, 2.75) is 35.6 Å². The molecule has 0 aromatic heterocycles. The molecule has 0 aliphatic carbocycles. The molecule has 8 heteroatoms. The van der Waals surface area contributed by atoms with Crippen LogP contribution in [0.3, 0.4) is 0 Å². The second-order valence-corrected chi connectivity index (χ2v) is 9.82. The van der Waals surface area contributed by atoms with Gasteiger partial charge >= 0.3 is 0 Å². The maximum atomic E-state index is 12.7. The molecule has 0 unspecified atom stereocenters. The van der Waals surface area contributed by atoms with Gasteiger partial charge in [0.1, 0.15) is 0 Å². The first-order valence-corrected chi connectivity index (χ1v) is 10.5. The largest absolute Gasteiger partial charge is 0.328 e. The first-order valence-electron chi connectivity index (χ1n) is 7.18. The molecule has 124 valence electrons. The van der Waals surface area contributed by atoms with Crippen LogP contribution in [0, 0.1) is 5.92 Å². The number of nitrogens with zero attached hydrogens (tertiary/aromatic N) is 1. The van der Waals surface area contributed by atoms with Gasteiger partial charge in [0.05, 0.1) is 9.79 Å². The van der Waals surface area contributed by atoms with Gasteiger partial charge in [0.2, 0.25) is 10.0 Å². The van der Waals surface area contributed by atoms with Crippen LogP contribution >= 0.6 is 0 Å². The zero-order valence-electron chi connectivity index (χ0n) is 12.8. The number of benzene rings is 1. The third kappa shape index (κ3) is 3.68. The van der Waals surface area contributed by atoms with Gasteiger partial charge in [-0.05, 0) is 49.9 Å². The van der Waals surface area contributed by atoms with Crippen LogP contribution in [-0.4, -0.2) is 46.5 Å². The number of nitrogens with two attached hydrogens (primary N) is 1. The lowest BCUT2D eigenvalue weighted by atomic mass is 9.93. The second-order valence-electron chi connectivity index (χ2n) is 5.87. The third-order valence-corrected chi connectivity index (χ3v) is 7.06. The van der Waals surface area contributed by atoms with E-state index in [0.29, 0.717) is 13.1 Å². The van der Waals surface area contributed by atoms with Crippen molar-refractivity contribution < 1.29 is 16.8 Å². The number of hydrogen-bond donors (Lipinski definition) is 1. The zero-order valence-corrected chi connectivity index (χ0v) is 14.4. The van der Waals surface area contributed by atoms with Crippen LogP contribution in [0.2, 0.25) is 0 Å². The molecule has 22 heavy (non-hydrogen) atoms. The lowest BCUT2D eigenvalue weighted by Crippen LogP contribution is -2.44. The molecule has 2 atom stereocenters. The normalized spacial score (nSPS) is 22.4. The SMILES string of the molecule is C[C@H](N)[C@H]1CCCN(S(=O)(=O)c2ccc(S(C)(=O)=O)cc2)C1. The average Bonchev–Trinajstić information content (AvgIpc) is 2.46.